The van der Waals surface area contributed by atoms with Gasteiger partial charge < -0.3 is 0 Å². The average molecular weight is 1100 g/mol. The number of aromatic nitrogens is 6. The van der Waals surface area contributed by atoms with E-state index in [-0.39, 0.29) is 5.41 Å². The van der Waals surface area contributed by atoms with Crippen molar-refractivity contribution in [1.82, 2.24) is 29.9 Å². The maximum Gasteiger partial charge on any atom is 0.164 e. The molecule has 4 fully saturated rings. The van der Waals surface area contributed by atoms with Gasteiger partial charge in [-0.3, -0.25) is 0 Å². The van der Waals surface area contributed by atoms with E-state index in [0.29, 0.717) is 46.8 Å². The summed E-state index contributed by atoms with van der Waals surface area (Å²) >= 11 is 0. The van der Waals surface area contributed by atoms with E-state index in [4.69, 9.17) is 29.9 Å². The molecule has 0 N–H and O–H groups in total. The first-order valence-electron chi connectivity index (χ1n) is 30.3. The van der Waals surface area contributed by atoms with Crippen LogP contribution in [0.15, 0.2) is 243 Å². The average Bonchev–Trinajstić information content (AvgIpc) is 1.49. The predicted molar refractivity (Wildman–Crippen MR) is 350 cm³/mol. The number of hydrogen-bond acceptors (Lipinski definition) is 6. The van der Waals surface area contributed by atoms with E-state index in [1.165, 1.54) is 79.8 Å². The van der Waals surface area contributed by atoms with Gasteiger partial charge in [0, 0.05) is 38.8 Å². The van der Waals surface area contributed by atoms with Gasteiger partial charge in [0.2, 0.25) is 0 Å². The SMILES string of the molecule is Cc1cc(-c2ccc3c(c2)C2(c4cccc(-c5cc(C)cc(-c6nc(-c7ccc8ccccc8c7)nc(-c7ccc8ccccc8c7)n6)c5)c4-3)C3CC4CC3CC42)cc(-c2nc(-c3ccc4ccccc4c3)nc(-c3ccc4ccccc4c3)n2)c1. The molecule has 86 heavy (non-hydrogen) atoms. The monoisotopic (exact) mass is 1100 g/mol. The largest absolute Gasteiger partial charge is 0.208 e. The van der Waals surface area contributed by atoms with Crippen molar-refractivity contribution < 1.29 is 0 Å². The Kier molecular flexibility index (Phi) is 10.8. The molecule has 0 radical (unpaired) electrons. The van der Waals surface area contributed by atoms with Crippen molar-refractivity contribution in [2.45, 2.75) is 38.5 Å². The van der Waals surface area contributed by atoms with Crippen LogP contribution in [0.3, 0.4) is 0 Å². The van der Waals surface area contributed by atoms with E-state index < -0.39 is 0 Å². The molecule has 14 aromatic rings. The molecule has 6 nitrogen and oxygen atoms in total. The quantitative estimate of drug-likeness (QED) is 0.151. The van der Waals surface area contributed by atoms with Gasteiger partial charge in [0.1, 0.15) is 0 Å². The van der Waals surface area contributed by atoms with Crippen LogP contribution in [0.1, 0.15) is 41.5 Å². The zero-order valence-electron chi connectivity index (χ0n) is 47.7. The second kappa shape index (κ2) is 18.9. The number of aryl methyl sites for hydroxylation is 2. The van der Waals surface area contributed by atoms with Crippen molar-refractivity contribution in [1.29, 1.82) is 0 Å². The molecular formula is C80H56N6. The van der Waals surface area contributed by atoms with Crippen LogP contribution in [0, 0.1) is 37.5 Å². The molecule has 12 aromatic carbocycles. The van der Waals surface area contributed by atoms with Crippen LogP contribution in [0.2, 0.25) is 0 Å². The molecule has 4 bridgehead atoms. The molecule has 4 saturated carbocycles. The first-order valence-corrected chi connectivity index (χ1v) is 30.3. The Morgan fingerprint density at radius 1 is 0.267 bits per heavy atom. The molecule has 0 amide bonds. The minimum absolute atomic E-state index is 0.0426. The van der Waals surface area contributed by atoms with Crippen molar-refractivity contribution in [3.05, 3.63) is 265 Å². The summed E-state index contributed by atoms with van der Waals surface area (Å²) in [5, 5.41) is 9.32. The topological polar surface area (TPSA) is 77.3 Å². The summed E-state index contributed by atoms with van der Waals surface area (Å²) in [6.45, 7) is 4.41. The normalized spacial score (nSPS) is 18.7. The third kappa shape index (κ3) is 7.71. The summed E-state index contributed by atoms with van der Waals surface area (Å²) in [7, 11) is 0. The standard InChI is InChI=1S/C80H56N6/c1-46-32-61(40-65(34-46)78-83-74(57-26-22-48-12-3-7-16-52(48)36-57)81-75(84-78)58-27-23-49-13-4-8-17-53(49)37-58)56-30-31-68-72(43-56)80(70-44-63-42-64(70)45-71(63)80)69-21-11-20-67(73(68)69)62-33-47(2)35-66(41-62)79-85-76(59-28-24-50-14-5-9-18-54(50)38-59)82-77(86-79)60-29-25-51-15-6-10-19-55(51)39-60/h3-41,43,63-64,70-71H,42,44-45H2,1-2H3. The first kappa shape index (κ1) is 49.2. The highest BCUT2D eigenvalue weighted by Gasteiger charge is 2.71. The van der Waals surface area contributed by atoms with Crippen molar-refractivity contribution in [3.8, 4) is 102 Å². The highest BCUT2D eigenvalue weighted by atomic mass is 15.0. The number of benzene rings is 12. The lowest BCUT2D eigenvalue weighted by atomic mass is 9.66. The van der Waals surface area contributed by atoms with E-state index in [0.717, 1.165) is 83.5 Å². The number of fused-ring (bicyclic) bond motifs is 7. The Labute approximate surface area is 499 Å². The van der Waals surface area contributed by atoms with Crippen LogP contribution in [0.25, 0.3) is 145 Å². The van der Waals surface area contributed by atoms with Gasteiger partial charge in [0.15, 0.2) is 34.9 Å². The van der Waals surface area contributed by atoms with Gasteiger partial charge in [-0.05, 0) is 210 Å². The van der Waals surface area contributed by atoms with Gasteiger partial charge >= 0.3 is 0 Å². The molecule has 406 valence electrons. The lowest BCUT2D eigenvalue weighted by Crippen LogP contribution is -2.34. The molecule has 4 unspecified atom stereocenters. The fraction of sp³-hybridized carbons (Fsp3) is 0.125. The van der Waals surface area contributed by atoms with E-state index in [1.54, 1.807) is 0 Å². The second-order valence-corrected chi connectivity index (χ2v) is 24.8. The van der Waals surface area contributed by atoms with E-state index in [9.17, 15) is 0 Å². The lowest BCUT2D eigenvalue weighted by molar-refractivity contribution is 0.307. The summed E-state index contributed by atoms with van der Waals surface area (Å²) in [6, 6.07) is 88.3. The van der Waals surface area contributed by atoms with E-state index in [1.807, 2.05) is 0 Å². The second-order valence-electron chi connectivity index (χ2n) is 24.8. The summed E-state index contributed by atoms with van der Waals surface area (Å²) < 4.78 is 0. The predicted octanol–water partition coefficient (Wildman–Crippen LogP) is 19.6. The van der Waals surface area contributed by atoms with Crippen LogP contribution in [0.5, 0.6) is 0 Å². The molecule has 2 aromatic heterocycles. The van der Waals surface area contributed by atoms with Crippen LogP contribution in [-0.2, 0) is 5.41 Å². The zero-order valence-corrected chi connectivity index (χ0v) is 47.7. The van der Waals surface area contributed by atoms with Gasteiger partial charge in [-0.25, -0.2) is 29.9 Å². The Hall–Kier alpha value is -10.3. The summed E-state index contributed by atoms with van der Waals surface area (Å²) in [6.07, 6.45) is 3.98. The third-order valence-corrected chi connectivity index (χ3v) is 19.9. The summed E-state index contributed by atoms with van der Waals surface area (Å²) in [4.78, 5) is 31.8. The third-order valence-electron chi connectivity index (χ3n) is 19.9. The van der Waals surface area contributed by atoms with Crippen molar-refractivity contribution in [2.75, 3.05) is 0 Å². The smallest absolute Gasteiger partial charge is 0.164 e. The van der Waals surface area contributed by atoms with Crippen LogP contribution < -0.4 is 0 Å². The minimum atomic E-state index is -0.0426. The van der Waals surface area contributed by atoms with Crippen molar-refractivity contribution in [2.24, 2.45) is 23.7 Å². The molecule has 1 spiro atoms. The summed E-state index contributed by atoms with van der Waals surface area (Å²) in [5.41, 5.74) is 18.6. The first-order chi connectivity index (χ1) is 42.3. The van der Waals surface area contributed by atoms with Gasteiger partial charge in [0.25, 0.3) is 0 Å². The molecule has 5 aliphatic rings. The van der Waals surface area contributed by atoms with E-state index in [2.05, 4.69) is 257 Å². The van der Waals surface area contributed by atoms with Crippen molar-refractivity contribution in [3.63, 3.8) is 0 Å². The van der Waals surface area contributed by atoms with Crippen molar-refractivity contribution >= 4 is 43.1 Å². The lowest BCUT2D eigenvalue weighted by Gasteiger charge is -2.37. The minimum Gasteiger partial charge on any atom is -0.208 e. The van der Waals surface area contributed by atoms with Crippen LogP contribution >= 0.6 is 0 Å². The van der Waals surface area contributed by atoms with E-state index >= 15 is 0 Å². The Morgan fingerprint density at radius 2 is 0.640 bits per heavy atom. The Morgan fingerprint density at radius 3 is 1.07 bits per heavy atom. The zero-order chi connectivity index (χ0) is 56.8. The van der Waals surface area contributed by atoms with Gasteiger partial charge in [-0.15, -0.1) is 0 Å². The summed E-state index contributed by atoms with van der Waals surface area (Å²) in [5.74, 6) is 6.66. The molecule has 2 heterocycles. The highest BCUT2D eigenvalue weighted by Crippen LogP contribution is 2.77. The van der Waals surface area contributed by atoms with Crippen LogP contribution in [-0.4, -0.2) is 29.9 Å². The highest BCUT2D eigenvalue weighted by molar-refractivity contribution is 5.96. The van der Waals surface area contributed by atoms with Gasteiger partial charge in [-0.2, -0.15) is 0 Å². The number of nitrogens with zero attached hydrogens (tertiary/aromatic N) is 6. The van der Waals surface area contributed by atoms with Crippen LogP contribution in [0.4, 0.5) is 0 Å². The number of rotatable bonds is 8. The molecule has 5 aliphatic carbocycles. The fourth-order valence-electron chi connectivity index (χ4n) is 16.3. The maximum absolute atomic E-state index is 5.34. The molecule has 19 rings (SSSR count). The molecule has 4 atom stereocenters. The Bertz CT molecular complexity index is 4980. The van der Waals surface area contributed by atoms with Gasteiger partial charge in [-0.1, -0.05) is 188 Å². The maximum atomic E-state index is 5.34. The molecule has 0 saturated heterocycles. The Balaban J connectivity index is 0.770. The molecule has 6 heteroatoms. The fourth-order valence-corrected chi connectivity index (χ4v) is 16.3. The molecule has 0 aliphatic heterocycles. The van der Waals surface area contributed by atoms with Gasteiger partial charge in [0.05, 0.1) is 0 Å². The number of hydrogen-bond donors (Lipinski definition) is 0. The molecular weight excluding hydrogens is 1040 g/mol.